The molecule has 0 saturated heterocycles. The maximum Gasteiger partial charge on any atom is 0.105 e. The number of nitrogens with two attached hydrogens (primary N) is 1. The minimum atomic E-state index is 0.562. The van der Waals surface area contributed by atoms with Gasteiger partial charge in [-0.3, -0.25) is 0 Å². The molecule has 13 heavy (non-hydrogen) atoms. The Morgan fingerprint density at radius 1 is 1.54 bits per heavy atom. The molecule has 0 radical (unpaired) electrons. The molecule has 0 aliphatic carbocycles. The molecule has 1 heterocycles. The zero-order valence-electron chi connectivity index (χ0n) is 7.72. The molecule has 2 N–H and O–H groups in total. The summed E-state index contributed by atoms with van der Waals surface area (Å²) in [7, 11) is 0. The monoisotopic (exact) mass is 178 g/mol. The van der Waals surface area contributed by atoms with E-state index in [2.05, 4.69) is 10.2 Å². The van der Waals surface area contributed by atoms with Gasteiger partial charge in [0, 0.05) is 6.54 Å². The molecule has 0 saturated carbocycles. The fourth-order valence-electron chi connectivity index (χ4n) is 0.876. The van der Waals surface area contributed by atoms with E-state index in [1.54, 1.807) is 11.0 Å². The van der Waals surface area contributed by atoms with Gasteiger partial charge in [0.15, 0.2) is 0 Å². The summed E-state index contributed by atoms with van der Waals surface area (Å²) >= 11 is 0. The Morgan fingerprint density at radius 3 is 3.08 bits per heavy atom. The first kappa shape index (κ1) is 9.67. The second-order valence-corrected chi connectivity index (χ2v) is 2.54. The summed E-state index contributed by atoms with van der Waals surface area (Å²) in [6, 6.07) is 0. The van der Waals surface area contributed by atoms with Crippen LogP contribution in [0, 0.1) is 0 Å². The molecule has 4 heteroatoms. The molecule has 0 spiro atoms. The molecule has 0 unspecified atom stereocenters. The van der Waals surface area contributed by atoms with Gasteiger partial charge in [-0.05, 0) is 13.0 Å². The number of hydrogen-bond donors (Lipinski definition) is 1. The van der Waals surface area contributed by atoms with E-state index in [-0.39, 0.29) is 0 Å². The standard InChI is InChI=1S/C9H14N4/c1-2-3-4-5-9-8-11-13(12-9)7-6-10/h2-5,8H,6-7,10H2,1H3/b3-2-,5-4-. The molecule has 1 aromatic rings. The highest BCUT2D eigenvalue weighted by Crippen LogP contribution is 1.95. The summed E-state index contributed by atoms with van der Waals surface area (Å²) in [4.78, 5) is 1.59. The number of nitrogens with zero attached hydrogens (tertiary/aromatic N) is 3. The van der Waals surface area contributed by atoms with Crippen molar-refractivity contribution >= 4 is 6.08 Å². The Labute approximate surface area is 77.7 Å². The average molecular weight is 178 g/mol. The quantitative estimate of drug-likeness (QED) is 0.695. The summed E-state index contributed by atoms with van der Waals surface area (Å²) in [5.74, 6) is 0. The van der Waals surface area contributed by atoms with Crippen LogP contribution in [0.15, 0.2) is 24.4 Å². The highest BCUT2D eigenvalue weighted by molar-refractivity contribution is 5.44. The van der Waals surface area contributed by atoms with Crippen LogP contribution in [0.1, 0.15) is 12.6 Å². The molecule has 0 aliphatic heterocycles. The third-order valence-electron chi connectivity index (χ3n) is 1.45. The van der Waals surface area contributed by atoms with E-state index in [1.807, 2.05) is 31.2 Å². The predicted octanol–water partition coefficient (Wildman–Crippen LogP) is 0.826. The molecular weight excluding hydrogens is 164 g/mol. The zero-order valence-corrected chi connectivity index (χ0v) is 7.72. The second-order valence-electron chi connectivity index (χ2n) is 2.54. The van der Waals surface area contributed by atoms with Crippen molar-refractivity contribution < 1.29 is 0 Å². The molecule has 0 aliphatic rings. The van der Waals surface area contributed by atoms with Gasteiger partial charge >= 0.3 is 0 Å². The summed E-state index contributed by atoms with van der Waals surface area (Å²) in [6.45, 7) is 3.19. The summed E-state index contributed by atoms with van der Waals surface area (Å²) < 4.78 is 0. The number of hydrogen-bond acceptors (Lipinski definition) is 3. The molecule has 0 atom stereocenters. The Kier molecular flexibility index (Phi) is 3.92. The first-order valence-electron chi connectivity index (χ1n) is 4.26. The van der Waals surface area contributed by atoms with Crippen molar-refractivity contribution in [2.24, 2.45) is 5.73 Å². The van der Waals surface area contributed by atoms with Gasteiger partial charge < -0.3 is 5.73 Å². The van der Waals surface area contributed by atoms with Gasteiger partial charge in [-0.15, -0.1) is 0 Å². The van der Waals surface area contributed by atoms with Crippen molar-refractivity contribution in [2.75, 3.05) is 6.54 Å². The Balaban J connectivity index is 2.58. The molecular formula is C9H14N4. The van der Waals surface area contributed by atoms with E-state index < -0.39 is 0 Å². The maximum atomic E-state index is 5.36. The van der Waals surface area contributed by atoms with Crippen LogP contribution in [0.25, 0.3) is 6.08 Å². The number of aromatic nitrogens is 3. The van der Waals surface area contributed by atoms with E-state index in [0.29, 0.717) is 13.1 Å². The van der Waals surface area contributed by atoms with Gasteiger partial charge in [0.05, 0.1) is 12.7 Å². The Morgan fingerprint density at radius 2 is 2.38 bits per heavy atom. The molecule has 0 amide bonds. The minimum absolute atomic E-state index is 0.562. The lowest BCUT2D eigenvalue weighted by molar-refractivity contribution is 0.545. The Bertz CT molecular complexity index is 298. The predicted molar refractivity (Wildman–Crippen MR) is 52.9 cm³/mol. The third kappa shape index (κ3) is 3.21. The smallest absolute Gasteiger partial charge is 0.105 e. The maximum absolute atomic E-state index is 5.36. The third-order valence-corrected chi connectivity index (χ3v) is 1.45. The van der Waals surface area contributed by atoms with E-state index in [0.717, 1.165) is 5.69 Å². The highest BCUT2D eigenvalue weighted by Gasteiger charge is 1.93. The van der Waals surface area contributed by atoms with E-state index in [9.17, 15) is 0 Å². The topological polar surface area (TPSA) is 56.7 Å². The van der Waals surface area contributed by atoms with Crippen LogP contribution in [0.3, 0.4) is 0 Å². The fourth-order valence-corrected chi connectivity index (χ4v) is 0.876. The van der Waals surface area contributed by atoms with Crippen molar-refractivity contribution in [3.63, 3.8) is 0 Å². The molecule has 0 bridgehead atoms. The van der Waals surface area contributed by atoms with Crippen LogP contribution in [0.2, 0.25) is 0 Å². The largest absolute Gasteiger partial charge is 0.329 e. The van der Waals surface area contributed by atoms with Gasteiger partial charge in [-0.25, -0.2) is 0 Å². The van der Waals surface area contributed by atoms with Gasteiger partial charge in [-0.2, -0.15) is 15.0 Å². The normalized spacial score (nSPS) is 11.8. The van der Waals surface area contributed by atoms with E-state index in [4.69, 9.17) is 5.73 Å². The first-order chi connectivity index (χ1) is 6.36. The van der Waals surface area contributed by atoms with Crippen LogP contribution in [0.5, 0.6) is 0 Å². The lowest BCUT2D eigenvalue weighted by Crippen LogP contribution is -2.12. The lowest BCUT2D eigenvalue weighted by Gasteiger charge is -1.91. The van der Waals surface area contributed by atoms with Gasteiger partial charge in [-0.1, -0.05) is 18.2 Å². The van der Waals surface area contributed by atoms with Crippen LogP contribution < -0.4 is 5.73 Å². The van der Waals surface area contributed by atoms with Crippen molar-refractivity contribution in [1.82, 2.24) is 15.0 Å². The average Bonchev–Trinajstić information content (AvgIpc) is 2.54. The molecule has 1 aromatic heterocycles. The summed E-state index contributed by atoms with van der Waals surface area (Å²) in [5.41, 5.74) is 6.21. The molecule has 0 fully saturated rings. The van der Waals surface area contributed by atoms with Gasteiger partial charge in [0.2, 0.25) is 0 Å². The minimum Gasteiger partial charge on any atom is -0.329 e. The van der Waals surface area contributed by atoms with Crippen molar-refractivity contribution in [1.29, 1.82) is 0 Å². The first-order valence-corrected chi connectivity index (χ1v) is 4.26. The van der Waals surface area contributed by atoms with E-state index in [1.165, 1.54) is 0 Å². The van der Waals surface area contributed by atoms with E-state index >= 15 is 0 Å². The van der Waals surface area contributed by atoms with Crippen LogP contribution in [-0.2, 0) is 6.54 Å². The van der Waals surface area contributed by atoms with Crippen molar-refractivity contribution in [3.05, 3.63) is 30.1 Å². The van der Waals surface area contributed by atoms with Crippen molar-refractivity contribution in [3.8, 4) is 0 Å². The SMILES string of the molecule is C/C=C\C=C/c1cnn(CCN)n1. The molecule has 70 valence electrons. The number of allylic oxidation sites excluding steroid dienone is 3. The lowest BCUT2D eigenvalue weighted by atomic mass is 10.4. The van der Waals surface area contributed by atoms with Crippen LogP contribution >= 0.6 is 0 Å². The summed E-state index contributed by atoms with van der Waals surface area (Å²) in [6.07, 6.45) is 9.45. The fraction of sp³-hybridized carbons (Fsp3) is 0.333. The second kappa shape index (κ2) is 5.27. The summed E-state index contributed by atoms with van der Waals surface area (Å²) in [5, 5.41) is 8.21. The van der Waals surface area contributed by atoms with Crippen LogP contribution in [-0.4, -0.2) is 21.5 Å². The highest BCUT2D eigenvalue weighted by atomic mass is 15.5. The van der Waals surface area contributed by atoms with Crippen molar-refractivity contribution in [2.45, 2.75) is 13.5 Å². The van der Waals surface area contributed by atoms with Gasteiger partial charge in [0.25, 0.3) is 0 Å². The molecule has 0 aromatic carbocycles. The molecule has 4 nitrogen and oxygen atoms in total. The molecule has 1 rings (SSSR count). The number of rotatable bonds is 4. The zero-order chi connectivity index (χ0) is 9.52. The Hall–Kier alpha value is -1.42. The van der Waals surface area contributed by atoms with Crippen LogP contribution in [0.4, 0.5) is 0 Å². The van der Waals surface area contributed by atoms with Gasteiger partial charge in [0.1, 0.15) is 5.69 Å².